The van der Waals surface area contributed by atoms with Gasteiger partial charge in [0.05, 0.1) is 21.8 Å². The summed E-state index contributed by atoms with van der Waals surface area (Å²) in [5.74, 6) is -0.183. The number of hydrogen-bond acceptors (Lipinski definition) is 4. The van der Waals surface area contributed by atoms with Gasteiger partial charge in [0.25, 0.3) is 5.91 Å². The molecule has 0 aliphatic carbocycles. The molecule has 26 heavy (non-hydrogen) atoms. The summed E-state index contributed by atoms with van der Waals surface area (Å²) in [6.45, 7) is 1.95. The van der Waals surface area contributed by atoms with Crippen molar-refractivity contribution in [3.8, 4) is 0 Å². The summed E-state index contributed by atoms with van der Waals surface area (Å²) >= 11 is 10.9. The van der Waals surface area contributed by atoms with Crippen LogP contribution in [0.4, 0.5) is 10.1 Å². The van der Waals surface area contributed by atoms with Crippen LogP contribution in [0.15, 0.2) is 45.9 Å². The van der Waals surface area contributed by atoms with Crippen LogP contribution in [-0.4, -0.2) is 16.8 Å². The number of nitrogens with one attached hydrogen (secondary N) is 1. The van der Waals surface area contributed by atoms with Gasteiger partial charge >= 0.3 is 0 Å². The van der Waals surface area contributed by atoms with E-state index in [0.29, 0.717) is 9.64 Å². The Kier molecular flexibility index (Phi) is 5.60. The Morgan fingerprint density at radius 2 is 2.15 bits per heavy atom. The van der Waals surface area contributed by atoms with Crippen molar-refractivity contribution in [3.63, 3.8) is 0 Å². The van der Waals surface area contributed by atoms with Crippen molar-refractivity contribution in [1.82, 2.24) is 0 Å². The molecule has 0 fully saturated rings. The number of carbonyl (C=O) groups is 1. The molecule has 1 aliphatic rings. The molecule has 136 valence electrons. The van der Waals surface area contributed by atoms with Crippen molar-refractivity contribution in [2.24, 2.45) is 10.7 Å². The predicted molar refractivity (Wildman–Crippen MR) is 110 cm³/mol. The number of halogens is 3. The highest BCUT2D eigenvalue weighted by atomic mass is 79.9. The second-order valence-electron chi connectivity index (χ2n) is 6.10. The van der Waals surface area contributed by atoms with Gasteiger partial charge in [0, 0.05) is 10.2 Å². The largest absolute Gasteiger partial charge is 0.379 e. The smallest absolute Gasteiger partial charge is 0.257 e. The molecule has 0 spiro atoms. The number of carbonyl (C=O) groups excluding carboxylic acids is 1. The number of nitrogens with two attached hydrogens (primary N) is 1. The van der Waals surface area contributed by atoms with Crippen LogP contribution >= 0.6 is 39.3 Å². The minimum atomic E-state index is -0.546. The lowest BCUT2D eigenvalue weighted by Gasteiger charge is -2.30. The zero-order valence-electron chi connectivity index (χ0n) is 13.9. The zero-order valence-corrected chi connectivity index (χ0v) is 17.0. The van der Waals surface area contributed by atoms with Crippen LogP contribution < -0.4 is 11.1 Å². The molecule has 8 heteroatoms. The number of aliphatic imine (C=N–C) groups is 1. The number of thioether (sulfide) groups is 1. The Labute approximate surface area is 168 Å². The van der Waals surface area contributed by atoms with E-state index in [0.717, 1.165) is 17.7 Å². The molecule has 4 nitrogen and oxygen atoms in total. The Bertz CT molecular complexity index is 908. The average molecular weight is 457 g/mol. The third-order valence-corrected chi connectivity index (χ3v) is 5.82. The molecular formula is C18H16BrClFN3OS. The molecule has 0 saturated carbocycles. The number of amides is 1. The van der Waals surface area contributed by atoms with Gasteiger partial charge < -0.3 is 11.1 Å². The zero-order chi connectivity index (χ0) is 18.9. The number of rotatable bonds is 3. The second-order valence-corrected chi connectivity index (χ2v) is 8.53. The molecule has 1 amide bonds. The van der Waals surface area contributed by atoms with Gasteiger partial charge in [-0.3, -0.25) is 9.79 Å². The van der Waals surface area contributed by atoms with Crippen LogP contribution in [0.3, 0.4) is 0 Å². The average Bonchev–Trinajstić information content (AvgIpc) is 2.58. The topological polar surface area (TPSA) is 67.5 Å². The van der Waals surface area contributed by atoms with Crippen molar-refractivity contribution in [3.05, 3.63) is 62.8 Å². The molecule has 2 aromatic rings. The fourth-order valence-electron chi connectivity index (χ4n) is 2.71. The van der Waals surface area contributed by atoms with Crippen molar-refractivity contribution in [2.75, 3.05) is 11.1 Å². The summed E-state index contributed by atoms with van der Waals surface area (Å²) < 4.78 is 15.0. The van der Waals surface area contributed by atoms with Crippen molar-refractivity contribution in [1.29, 1.82) is 0 Å². The molecule has 3 N–H and O–H groups in total. The number of nitrogens with zero attached hydrogens (tertiary/aromatic N) is 1. The van der Waals surface area contributed by atoms with Gasteiger partial charge in [0.1, 0.15) is 5.82 Å². The lowest BCUT2D eigenvalue weighted by Crippen LogP contribution is -2.29. The van der Waals surface area contributed by atoms with Gasteiger partial charge in [-0.15, -0.1) is 0 Å². The molecule has 1 heterocycles. The molecule has 0 radical (unpaired) electrons. The fraction of sp³-hybridized carbons (Fsp3) is 0.222. The summed E-state index contributed by atoms with van der Waals surface area (Å²) in [5, 5.41) is 3.40. The van der Waals surface area contributed by atoms with E-state index in [4.69, 9.17) is 17.3 Å². The van der Waals surface area contributed by atoms with E-state index in [1.807, 2.05) is 6.92 Å². The first-order chi connectivity index (χ1) is 12.3. The maximum Gasteiger partial charge on any atom is 0.257 e. The molecular weight excluding hydrogens is 441 g/mol. The van der Waals surface area contributed by atoms with E-state index in [1.54, 1.807) is 30.3 Å². The lowest BCUT2D eigenvalue weighted by molar-refractivity contribution is 0.102. The summed E-state index contributed by atoms with van der Waals surface area (Å²) in [6, 6.07) is 9.52. The summed E-state index contributed by atoms with van der Waals surface area (Å²) in [6.07, 6.45) is 0.773. The summed E-state index contributed by atoms with van der Waals surface area (Å²) in [7, 11) is 0. The Morgan fingerprint density at radius 1 is 1.38 bits per heavy atom. The predicted octanol–water partition coefficient (Wildman–Crippen LogP) is 5.16. The quantitative estimate of drug-likeness (QED) is 0.670. The molecule has 3 rings (SSSR count). The molecule has 1 unspecified atom stereocenters. The Hall–Kier alpha value is -1.57. The van der Waals surface area contributed by atoms with Gasteiger partial charge in [-0.2, -0.15) is 0 Å². The molecule has 0 bridgehead atoms. The van der Waals surface area contributed by atoms with Crippen molar-refractivity contribution >= 4 is 56.1 Å². The van der Waals surface area contributed by atoms with E-state index in [9.17, 15) is 9.18 Å². The van der Waals surface area contributed by atoms with Gasteiger partial charge in [0.2, 0.25) is 0 Å². The maximum absolute atomic E-state index is 14.3. The normalized spacial score (nSPS) is 19.8. The maximum atomic E-state index is 14.3. The summed E-state index contributed by atoms with van der Waals surface area (Å²) in [4.78, 5) is 17.0. The van der Waals surface area contributed by atoms with Crippen LogP contribution in [0.25, 0.3) is 0 Å². The van der Waals surface area contributed by atoms with Gasteiger partial charge in [0.15, 0.2) is 5.17 Å². The first-order valence-corrected chi connectivity index (χ1v) is 9.99. The molecule has 2 aromatic carbocycles. The highest BCUT2D eigenvalue weighted by molar-refractivity contribution is 9.10. The second kappa shape index (κ2) is 7.58. The van der Waals surface area contributed by atoms with Crippen LogP contribution in [0, 0.1) is 5.82 Å². The summed E-state index contributed by atoms with van der Waals surface area (Å²) in [5.41, 5.74) is 6.44. The molecule has 0 aromatic heterocycles. The number of hydrogen-bond donors (Lipinski definition) is 2. The van der Waals surface area contributed by atoms with Crippen LogP contribution in [0.1, 0.15) is 29.3 Å². The van der Waals surface area contributed by atoms with E-state index in [-0.39, 0.29) is 16.3 Å². The van der Waals surface area contributed by atoms with E-state index >= 15 is 0 Å². The minimum Gasteiger partial charge on any atom is -0.379 e. The van der Waals surface area contributed by atoms with E-state index in [1.165, 1.54) is 17.8 Å². The molecule has 1 atom stereocenters. The van der Waals surface area contributed by atoms with E-state index in [2.05, 4.69) is 26.2 Å². The Balaban J connectivity index is 1.92. The third-order valence-electron chi connectivity index (χ3n) is 4.21. The standard InChI is InChI=1S/C18H16BrClFN3OS/c1-18(6-7-26-17(22)24-18)10-2-5-14(21)15(8-10)23-16(25)12-9-11(19)3-4-13(12)20/h2-5,8-9H,6-7H2,1H3,(H2,22,24)(H,23,25). The van der Waals surface area contributed by atoms with Gasteiger partial charge in [-0.1, -0.05) is 45.4 Å². The first kappa shape index (κ1) is 19.2. The molecule has 0 saturated heterocycles. The number of benzene rings is 2. The van der Waals surface area contributed by atoms with Crippen LogP contribution in [-0.2, 0) is 5.54 Å². The monoisotopic (exact) mass is 455 g/mol. The highest BCUT2D eigenvalue weighted by Gasteiger charge is 2.30. The van der Waals surface area contributed by atoms with Gasteiger partial charge in [-0.05, 0) is 49.2 Å². The third kappa shape index (κ3) is 4.05. The van der Waals surface area contributed by atoms with Gasteiger partial charge in [-0.25, -0.2) is 4.39 Å². The first-order valence-electron chi connectivity index (χ1n) is 7.83. The molecule has 1 aliphatic heterocycles. The lowest BCUT2D eigenvalue weighted by atomic mass is 9.89. The number of amidine groups is 1. The minimum absolute atomic E-state index is 0.0803. The van der Waals surface area contributed by atoms with Crippen molar-refractivity contribution < 1.29 is 9.18 Å². The van der Waals surface area contributed by atoms with Crippen LogP contribution in [0.2, 0.25) is 5.02 Å². The fourth-order valence-corrected chi connectivity index (χ4v) is 4.25. The highest BCUT2D eigenvalue weighted by Crippen LogP contribution is 2.36. The van der Waals surface area contributed by atoms with Crippen LogP contribution in [0.5, 0.6) is 0 Å². The SMILES string of the molecule is CC1(c2ccc(F)c(NC(=O)c3cc(Br)ccc3Cl)c2)CCSC(N)=N1. The Morgan fingerprint density at radius 3 is 2.88 bits per heavy atom. The number of anilines is 1. The van der Waals surface area contributed by atoms with E-state index < -0.39 is 17.3 Å². The van der Waals surface area contributed by atoms with Crippen molar-refractivity contribution in [2.45, 2.75) is 18.9 Å².